The number of nitrogens with two attached hydrogens (primary N) is 1. The number of anilines is 3. The number of halogens is 2. The van der Waals surface area contributed by atoms with Crippen LogP contribution in [0.2, 0.25) is 5.02 Å². The van der Waals surface area contributed by atoms with Crippen molar-refractivity contribution < 1.29 is 9.18 Å². The fourth-order valence-electron chi connectivity index (χ4n) is 2.43. The zero-order valence-corrected chi connectivity index (χ0v) is 14.6. The van der Waals surface area contributed by atoms with Crippen LogP contribution in [-0.4, -0.2) is 22.4 Å². The largest absolute Gasteiger partial charge is 0.340 e. The van der Waals surface area contributed by atoms with Gasteiger partial charge >= 0.3 is 0 Å². The number of nitrogens with zero attached hydrogens (tertiary/aromatic N) is 2. The van der Waals surface area contributed by atoms with E-state index in [9.17, 15) is 9.18 Å². The Kier molecular flexibility index (Phi) is 5.60. The highest BCUT2D eigenvalue weighted by Crippen LogP contribution is 2.27. The summed E-state index contributed by atoms with van der Waals surface area (Å²) in [5.41, 5.74) is 7.35. The van der Waals surface area contributed by atoms with Crippen LogP contribution in [0.4, 0.5) is 21.6 Å². The number of hydrogen-bond acceptors (Lipinski definition) is 5. The van der Waals surface area contributed by atoms with Crippen LogP contribution < -0.4 is 16.4 Å². The van der Waals surface area contributed by atoms with Gasteiger partial charge in [-0.05, 0) is 49.4 Å². The summed E-state index contributed by atoms with van der Waals surface area (Å²) in [6.45, 7) is 0.466. The van der Waals surface area contributed by atoms with Gasteiger partial charge in [0.25, 0.3) is 0 Å². The molecular formula is C18H17ClFN5O. The number of carbonyl (C=O) groups excluding carboxylic acids is 1. The van der Waals surface area contributed by atoms with Crippen LogP contribution >= 0.6 is 11.6 Å². The summed E-state index contributed by atoms with van der Waals surface area (Å²) >= 11 is 5.82. The third-order valence-corrected chi connectivity index (χ3v) is 4.00. The summed E-state index contributed by atoms with van der Waals surface area (Å²) < 4.78 is 13.3. The van der Waals surface area contributed by atoms with E-state index in [0.29, 0.717) is 47.5 Å². The van der Waals surface area contributed by atoms with E-state index < -0.39 is 5.82 Å². The number of aromatic nitrogens is 2. The van der Waals surface area contributed by atoms with E-state index in [1.807, 2.05) is 0 Å². The van der Waals surface area contributed by atoms with E-state index in [1.54, 1.807) is 24.3 Å². The summed E-state index contributed by atoms with van der Waals surface area (Å²) in [5, 5.41) is 6.65. The van der Waals surface area contributed by atoms with Crippen LogP contribution in [0.3, 0.4) is 0 Å². The smallest absolute Gasteiger partial charge is 0.224 e. The quantitative estimate of drug-likeness (QED) is 0.610. The predicted molar refractivity (Wildman–Crippen MR) is 101 cm³/mol. The molecule has 0 bridgehead atoms. The van der Waals surface area contributed by atoms with Crippen molar-refractivity contribution in [3.8, 4) is 0 Å². The van der Waals surface area contributed by atoms with E-state index in [2.05, 4.69) is 20.6 Å². The Morgan fingerprint density at radius 2 is 1.96 bits per heavy atom. The summed E-state index contributed by atoms with van der Waals surface area (Å²) in [7, 11) is 0. The highest BCUT2D eigenvalue weighted by molar-refractivity contribution is 6.31. The molecule has 0 fully saturated rings. The molecule has 2 aromatic carbocycles. The van der Waals surface area contributed by atoms with Crippen LogP contribution in [0.25, 0.3) is 10.9 Å². The van der Waals surface area contributed by atoms with Crippen molar-refractivity contribution in [1.29, 1.82) is 0 Å². The van der Waals surface area contributed by atoms with Crippen molar-refractivity contribution in [3.05, 3.63) is 53.6 Å². The standard InChI is InChI=1S/C18H17ClFN5O/c19-14-9-12(3-5-15(14)20)25-18-13-8-11(24-17(26)2-1-7-21)4-6-16(13)22-10-23-18/h3-6,8-10H,1-2,7,21H2,(H,24,26)(H,22,23,25). The molecule has 4 N–H and O–H groups in total. The van der Waals surface area contributed by atoms with Gasteiger partial charge in [-0.2, -0.15) is 0 Å². The number of carbonyl (C=O) groups is 1. The molecule has 0 aliphatic heterocycles. The second-order valence-electron chi connectivity index (χ2n) is 5.65. The van der Waals surface area contributed by atoms with Gasteiger partial charge in [0.05, 0.1) is 10.5 Å². The lowest BCUT2D eigenvalue weighted by Gasteiger charge is -2.11. The Morgan fingerprint density at radius 1 is 1.15 bits per heavy atom. The minimum atomic E-state index is -0.493. The number of rotatable bonds is 6. The maximum absolute atomic E-state index is 13.3. The number of benzene rings is 2. The predicted octanol–water partition coefficient (Wildman–Crippen LogP) is 3.84. The van der Waals surface area contributed by atoms with Gasteiger partial charge < -0.3 is 16.4 Å². The van der Waals surface area contributed by atoms with Gasteiger partial charge in [-0.3, -0.25) is 4.79 Å². The zero-order chi connectivity index (χ0) is 18.5. The second kappa shape index (κ2) is 8.07. The Hall–Kier alpha value is -2.77. The molecule has 3 aromatic rings. The van der Waals surface area contributed by atoms with Crippen LogP contribution in [0.15, 0.2) is 42.7 Å². The molecule has 1 heterocycles. The van der Waals surface area contributed by atoms with Crippen molar-refractivity contribution >= 4 is 45.6 Å². The van der Waals surface area contributed by atoms with Crippen LogP contribution in [-0.2, 0) is 4.79 Å². The molecule has 0 saturated carbocycles. The average Bonchev–Trinajstić information content (AvgIpc) is 2.63. The molecule has 0 radical (unpaired) electrons. The summed E-state index contributed by atoms with van der Waals surface area (Å²) in [6.07, 6.45) is 2.41. The third kappa shape index (κ3) is 4.25. The molecule has 6 nitrogen and oxygen atoms in total. The van der Waals surface area contributed by atoms with Crippen molar-refractivity contribution in [2.24, 2.45) is 5.73 Å². The lowest BCUT2D eigenvalue weighted by Crippen LogP contribution is -2.13. The average molecular weight is 374 g/mol. The minimum Gasteiger partial charge on any atom is -0.340 e. The van der Waals surface area contributed by atoms with Crippen molar-refractivity contribution in [3.63, 3.8) is 0 Å². The Morgan fingerprint density at radius 3 is 2.73 bits per heavy atom. The number of amides is 1. The van der Waals surface area contributed by atoms with Gasteiger partial charge in [-0.25, -0.2) is 14.4 Å². The molecule has 0 aliphatic carbocycles. The molecule has 0 aliphatic rings. The first kappa shape index (κ1) is 18.0. The summed E-state index contributed by atoms with van der Waals surface area (Å²) in [6, 6.07) is 9.66. The zero-order valence-electron chi connectivity index (χ0n) is 13.8. The molecule has 0 atom stereocenters. The lowest BCUT2D eigenvalue weighted by atomic mass is 10.2. The Bertz CT molecular complexity index is 950. The molecule has 26 heavy (non-hydrogen) atoms. The first-order chi connectivity index (χ1) is 12.6. The molecular weight excluding hydrogens is 357 g/mol. The Labute approximate surface area is 154 Å². The van der Waals surface area contributed by atoms with Gasteiger partial charge in [0.15, 0.2) is 0 Å². The first-order valence-electron chi connectivity index (χ1n) is 8.03. The second-order valence-corrected chi connectivity index (χ2v) is 6.06. The number of hydrogen-bond donors (Lipinski definition) is 3. The molecule has 1 aromatic heterocycles. The molecule has 3 rings (SSSR count). The van der Waals surface area contributed by atoms with Crippen LogP contribution in [0, 0.1) is 5.82 Å². The SMILES string of the molecule is NCCCC(=O)Nc1ccc2ncnc(Nc3ccc(F)c(Cl)c3)c2c1. The van der Waals surface area contributed by atoms with E-state index in [4.69, 9.17) is 17.3 Å². The van der Waals surface area contributed by atoms with E-state index in [-0.39, 0.29) is 10.9 Å². The number of nitrogens with one attached hydrogen (secondary N) is 2. The van der Waals surface area contributed by atoms with Gasteiger partial charge in [0, 0.05) is 23.2 Å². The Balaban J connectivity index is 1.88. The third-order valence-electron chi connectivity index (χ3n) is 3.71. The topological polar surface area (TPSA) is 92.9 Å². The van der Waals surface area contributed by atoms with Gasteiger partial charge in [0.2, 0.25) is 5.91 Å². The molecule has 134 valence electrons. The molecule has 0 spiro atoms. The number of fused-ring (bicyclic) bond motifs is 1. The minimum absolute atomic E-state index is 0.0150. The fraction of sp³-hybridized carbons (Fsp3) is 0.167. The fourth-order valence-corrected chi connectivity index (χ4v) is 2.61. The van der Waals surface area contributed by atoms with Crippen LogP contribution in [0.1, 0.15) is 12.8 Å². The van der Waals surface area contributed by atoms with Crippen molar-refractivity contribution in [1.82, 2.24) is 9.97 Å². The summed E-state index contributed by atoms with van der Waals surface area (Å²) in [4.78, 5) is 20.3. The lowest BCUT2D eigenvalue weighted by molar-refractivity contribution is -0.116. The molecule has 0 unspecified atom stereocenters. The highest BCUT2D eigenvalue weighted by Gasteiger charge is 2.09. The first-order valence-corrected chi connectivity index (χ1v) is 8.41. The highest BCUT2D eigenvalue weighted by atomic mass is 35.5. The van der Waals surface area contributed by atoms with Crippen molar-refractivity contribution in [2.75, 3.05) is 17.2 Å². The van der Waals surface area contributed by atoms with Gasteiger partial charge in [-0.15, -0.1) is 0 Å². The molecule has 8 heteroatoms. The van der Waals surface area contributed by atoms with Crippen molar-refractivity contribution in [2.45, 2.75) is 12.8 Å². The maximum Gasteiger partial charge on any atom is 0.224 e. The normalized spacial score (nSPS) is 10.7. The van der Waals surface area contributed by atoms with E-state index >= 15 is 0 Å². The maximum atomic E-state index is 13.3. The van der Waals surface area contributed by atoms with E-state index in [0.717, 1.165) is 0 Å². The molecule has 1 amide bonds. The summed E-state index contributed by atoms with van der Waals surface area (Å²) in [5.74, 6) is -0.0746. The van der Waals surface area contributed by atoms with E-state index in [1.165, 1.54) is 18.5 Å². The monoisotopic (exact) mass is 373 g/mol. The molecule has 0 saturated heterocycles. The van der Waals surface area contributed by atoms with Gasteiger partial charge in [0.1, 0.15) is 18.0 Å². The van der Waals surface area contributed by atoms with Gasteiger partial charge in [-0.1, -0.05) is 11.6 Å². The van der Waals surface area contributed by atoms with Crippen LogP contribution in [0.5, 0.6) is 0 Å².